The maximum Gasteiger partial charge on any atom is 0.222 e. The third-order valence-electron chi connectivity index (χ3n) is 6.63. The van der Waals surface area contributed by atoms with Crippen LogP contribution in [0.3, 0.4) is 0 Å². The third-order valence-corrected chi connectivity index (χ3v) is 6.63. The summed E-state index contributed by atoms with van der Waals surface area (Å²) in [5.41, 5.74) is 2.81. The zero-order valence-corrected chi connectivity index (χ0v) is 18.2. The highest BCUT2D eigenvalue weighted by Gasteiger charge is 2.24. The maximum absolute atomic E-state index is 12.8. The number of pyridine rings is 1. The Morgan fingerprint density at radius 2 is 1.83 bits per heavy atom. The van der Waals surface area contributed by atoms with Gasteiger partial charge in [-0.15, -0.1) is 0 Å². The van der Waals surface area contributed by atoms with E-state index in [1.807, 2.05) is 29.3 Å². The van der Waals surface area contributed by atoms with Crippen molar-refractivity contribution in [3.63, 3.8) is 0 Å². The second-order valence-corrected chi connectivity index (χ2v) is 8.76. The molecule has 0 bridgehead atoms. The van der Waals surface area contributed by atoms with Gasteiger partial charge in [0.2, 0.25) is 5.91 Å². The lowest BCUT2D eigenvalue weighted by molar-refractivity contribution is -0.131. The van der Waals surface area contributed by atoms with Gasteiger partial charge in [-0.25, -0.2) is 4.98 Å². The van der Waals surface area contributed by atoms with Gasteiger partial charge >= 0.3 is 0 Å². The van der Waals surface area contributed by atoms with E-state index in [4.69, 9.17) is 0 Å². The van der Waals surface area contributed by atoms with E-state index in [1.165, 1.54) is 30.5 Å². The monoisotopic (exact) mass is 406 g/mol. The smallest absolute Gasteiger partial charge is 0.222 e. The third kappa shape index (κ3) is 5.39. The molecule has 1 aromatic carbocycles. The molecule has 5 nitrogen and oxygen atoms in total. The number of anilines is 1. The molecule has 3 heterocycles. The number of carbonyl (C=O) groups is 1. The first-order valence-electron chi connectivity index (χ1n) is 11.4. The highest BCUT2D eigenvalue weighted by Crippen LogP contribution is 2.24. The second-order valence-electron chi connectivity index (χ2n) is 8.76. The van der Waals surface area contributed by atoms with Crippen molar-refractivity contribution in [3.05, 3.63) is 59.8 Å². The summed E-state index contributed by atoms with van der Waals surface area (Å²) in [7, 11) is 0. The van der Waals surface area contributed by atoms with Crippen molar-refractivity contribution in [1.82, 2.24) is 14.8 Å². The van der Waals surface area contributed by atoms with E-state index in [1.54, 1.807) is 0 Å². The molecule has 30 heavy (non-hydrogen) atoms. The summed E-state index contributed by atoms with van der Waals surface area (Å²) < 4.78 is 0. The zero-order valence-electron chi connectivity index (χ0n) is 18.2. The maximum atomic E-state index is 12.8. The Kier molecular flexibility index (Phi) is 7.00. The van der Waals surface area contributed by atoms with E-state index in [0.29, 0.717) is 18.2 Å². The Balaban J connectivity index is 1.21. The molecule has 1 aromatic heterocycles. The molecule has 0 aliphatic carbocycles. The highest BCUT2D eigenvalue weighted by atomic mass is 16.2. The number of piperazine rings is 1. The van der Waals surface area contributed by atoms with Gasteiger partial charge in [0, 0.05) is 51.9 Å². The van der Waals surface area contributed by atoms with Crippen molar-refractivity contribution in [1.29, 1.82) is 0 Å². The Morgan fingerprint density at radius 3 is 2.60 bits per heavy atom. The van der Waals surface area contributed by atoms with E-state index in [2.05, 4.69) is 46.0 Å². The normalized spacial score (nSPS) is 20.4. The Labute approximate surface area is 180 Å². The zero-order chi connectivity index (χ0) is 20.8. The van der Waals surface area contributed by atoms with Crippen LogP contribution in [0.25, 0.3) is 0 Å². The molecule has 160 valence electrons. The Morgan fingerprint density at radius 1 is 1.03 bits per heavy atom. The summed E-state index contributed by atoms with van der Waals surface area (Å²) in [4.78, 5) is 24.1. The van der Waals surface area contributed by atoms with Crippen molar-refractivity contribution < 1.29 is 4.79 Å². The number of hydrogen-bond donors (Lipinski definition) is 0. The van der Waals surface area contributed by atoms with Crippen LogP contribution in [0.1, 0.15) is 36.8 Å². The molecule has 2 aliphatic rings. The predicted molar refractivity (Wildman–Crippen MR) is 121 cm³/mol. The first-order chi connectivity index (χ1) is 14.7. The van der Waals surface area contributed by atoms with Crippen LogP contribution in [0.5, 0.6) is 0 Å². The number of benzene rings is 1. The summed E-state index contributed by atoms with van der Waals surface area (Å²) in [5.74, 6) is 1.98. The molecule has 0 spiro atoms. The van der Waals surface area contributed by atoms with Gasteiger partial charge in [-0.1, -0.05) is 30.3 Å². The molecule has 2 aromatic rings. The van der Waals surface area contributed by atoms with Gasteiger partial charge < -0.3 is 9.80 Å². The van der Waals surface area contributed by atoms with Crippen molar-refractivity contribution in [2.75, 3.05) is 44.2 Å². The molecular weight excluding hydrogens is 372 g/mol. The van der Waals surface area contributed by atoms with Gasteiger partial charge in [0.15, 0.2) is 0 Å². The lowest BCUT2D eigenvalue weighted by atomic mass is 9.92. The fourth-order valence-corrected chi connectivity index (χ4v) is 4.77. The van der Waals surface area contributed by atoms with Crippen LogP contribution >= 0.6 is 0 Å². The molecule has 0 unspecified atom stereocenters. The number of likely N-dealkylation sites (tertiary alicyclic amines) is 1. The van der Waals surface area contributed by atoms with Gasteiger partial charge in [-0.05, 0) is 61.9 Å². The number of aryl methyl sites for hydroxylation is 1. The number of rotatable bonds is 6. The van der Waals surface area contributed by atoms with Crippen LogP contribution in [0.4, 0.5) is 5.82 Å². The van der Waals surface area contributed by atoms with E-state index in [-0.39, 0.29) is 0 Å². The molecule has 0 N–H and O–H groups in total. The fraction of sp³-hybridized carbons (Fsp3) is 0.520. The van der Waals surface area contributed by atoms with Crippen molar-refractivity contribution in [2.24, 2.45) is 5.92 Å². The predicted octanol–water partition coefficient (Wildman–Crippen LogP) is 3.73. The number of aromatic nitrogens is 1. The highest BCUT2D eigenvalue weighted by molar-refractivity contribution is 5.76. The second kappa shape index (κ2) is 10.1. The van der Waals surface area contributed by atoms with Gasteiger partial charge in [-0.2, -0.15) is 0 Å². The summed E-state index contributed by atoms with van der Waals surface area (Å²) in [6.07, 6.45) is 6.04. The minimum Gasteiger partial charge on any atom is -0.353 e. The summed E-state index contributed by atoms with van der Waals surface area (Å²) in [6.45, 7) is 8.88. The molecule has 1 amide bonds. The number of amides is 1. The first-order valence-corrected chi connectivity index (χ1v) is 11.4. The topological polar surface area (TPSA) is 39.7 Å². The van der Waals surface area contributed by atoms with E-state index in [0.717, 1.165) is 51.5 Å². The lowest BCUT2D eigenvalue weighted by Crippen LogP contribution is -2.49. The minimum atomic E-state index is 0.326. The van der Waals surface area contributed by atoms with Crippen molar-refractivity contribution in [2.45, 2.75) is 39.2 Å². The molecule has 0 saturated carbocycles. The number of hydrogen-bond acceptors (Lipinski definition) is 4. The van der Waals surface area contributed by atoms with Gasteiger partial charge in [0.25, 0.3) is 0 Å². The first kappa shape index (κ1) is 20.9. The minimum absolute atomic E-state index is 0.326. The van der Waals surface area contributed by atoms with Gasteiger partial charge in [0.1, 0.15) is 5.82 Å². The van der Waals surface area contributed by atoms with Crippen LogP contribution in [-0.4, -0.2) is 60.0 Å². The summed E-state index contributed by atoms with van der Waals surface area (Å²) in [6, 6.07) is 14.7. The van der Waals surface area contributed by atoms with E-state index in [9.17, 15) is 4.79 Å². The largest absolute Gasteiger partial charge is 0.353 e. The van der Waals surface area contributed by atoms with E-state index < -0.39 is 0 Å². The molecule has 2 aliphatic heterocycles. The molecular formula is C25H34N4O. The van der Waals surface area contributed by atoms with E-state index >= 15 is 0 Å². The standard InChI is InChI=1S/C25H34N4O/c1-21-7-2-3-9-23(21)20-27-14-6-8-22(19-27)11-12-25(30)29-17-15-28(16-18-29)24-10-4-5-13-26-24/h2-5,7,9-10,13,22H,6,8,11-12,14-20H2,1H3/t22-/m0/s1. The average Bonchev–Trinajstić information content (AvgIpc) is 2.80. The van der Waals surface area contributed by atoms with Crippen LogP contribution in [-0.2, 0) is 11.3 Å². The van der Waals surface area contributed by atoms with Crippen molar-refractivity contribution in [3.8, 4) is 0 Å². The fourth-order valence-electron chi connectivity index (χ4n) is 4.77. The number of piperidine rings is 1. The SMILES string of the molecule is Cc1ccccc1CN1CCC[C@@H](CCC(=O)N2CCN(c3ccccn3)CC2)C1. The summed E-state index contributed by atoms with van der Waals surface area (Å²) in [5, 5.41) is 0. The summed E-state index contributed by atoms with van der Waals surface area (Å²) >= 11 is 0. The molecule has 2 saturated heterocycles. The van der Waals surface area contributed by atoms with Crippen LogP contribution in [0.2, 0.25) is 0 Å². The van der Waals surface area contributed by atoms with Crippen LogP contribution in [0, 0.1) is 12.8 Å². The molecule has 0 radical (unpaired) electrons. The molecule has 2 fully saturated rings. The van der Waals surface area contributed by atoms with Gasteiger partial charge in [0.05, 0.1) is 0 Å². The Hall–Kier alpha value is -2.40. The van der Waals surface area contributed by atoms with Gasteiger partial charge in [-0.3, -0.25) is 9.69 Å². The van der Waals surface area contributed by atoms with Crippen LogP contribution < -0.4 is 4.90 Å². The number of nitrogens with zero attached hydrogens (tertiary/aromatic N) is 4. The molecule has 4 rings (SSSR count). The van der Waals surface area contributed by atoms with Crippen LogP contribution in [0.15, 0.2) is 48.7 Å². The molecule has 1 atom stereocenters. The Bertz CT molecular complexity index is 817. The lowest BCUT2D eigenvalue weighted by Gasteiger charge is -2.36. The average molecular weight is 407 g/mol. The quantitative estimate of drug-likeness (QED) is 0.733. The van der Waals surface area contributed by atoms with Crippen molar-refractivity contribution >= 4 is 11.7 Å². The molecule has 5 heteroatoms. The number of carbonyl (C=O) groups excluding carboxylic acids is 1.